The molecule has 2 heteroatoms. The standard InChI is InChI=1S/C19H15NS/c1-15(18-13-8-14-21-18)19(16-9-4-2-5-10-16)20-17-11-6-3-7-12-17/h2-14H,1H2. The van der Waals surface area contributed by atoms with E-state index in [1.54, 1.807) is 11.3 Å². The molecule has 0 saturated carbocycles. The largest absolute Gasteiger partial charge is 0.248 e. The molecule has 0 aliphatic carbocycles. The van der Waals surface area contributed by atoms with Gasteiger partial charge in [0.1, 0.15) is 0 Å². The Bertz CT molecular complexity index is 741. The van der Waals surface area contributed by atoms with Crippen LogP contribution in [0.2, 0.25) is 0 Å². The number of benzene rings is 2. The van der Waals surface area contributed by atoms with Crippen LogP contribution in [-0.2, 0) is 0 Å². The summed E-state index contributed by atoms with van der Waals surface area (Å²) < 4.78 is 0. The Morgan fingerprint density at radius 1 is 0.810 bits per heavy atom. The molecular formula is C19H15NS. The topological polar surface area (TPSA) is 12.4 Å². The van der Waals surface area contributed by atoms with E-state index in [1.165, 1.54) is 0 Å². The van der Waals surface area contributed by atoms with E-state index in [2.05, 4.69) is 30.2 Å². The summed E-state index contributed by atoms with van der Waals surface area (Å²) in [5.74, 6) is 0. The first-order valence-corrected chi connectivity index (χ1v) is 7.65. The molecule has 0 spiro atoms. The highest BCUT2D eigenvalue weighted by molar-refractivity contribution is 7.11. The van der Waals surface area contributed by atoms with E-state index in [0.29, 0.717) is 0 Å². The van der Waals surface area contributed by atoms with Gasteiger partial charge in [0.15, 0.2) is 0 Å². The van der Waals surface area contributed by atoms with Gasteiger partial charge in [0, 0.05) is 16.0 Å². The normalized spacial score (nSPS) is 11.3. The van der Waals surface area contributed by atoms with E-state index >= 15 is 0 Å². The van der Waals surface area contributed by atoms with Gasteiger partial charge in [0.25, 0.3) is 0 Å². The van der Waals surface area contributed by atoms with E-state index in [4.69, 9.17) is 4.99 Å². The van der Waals surface area contributed by atoms with Crippen LogP contribution in [0.25, 0.3) is 5.57 Å². The van der Waals surface area contributed by atoms with Crippen molar-refractivity contribution in [2.24, 2.45) is 4.99 Å². The molecule has 1 aromatic heterocycles. The van der Waals surface area contributed by atoms with Crippen molar-refractivity contribution in [3.8, 4) is 0 Å². The van der Waals surface area contributed by atoms with Gasteiger partial charge in [-0.15, -0.1) is 11.3 Å². The van der Waals surface area contributed by atoms with Crippen molar-refractivity contribution in [1.82, 2.24) is 0 Å². The van der Waals surface area contributed by atoms with Gasteiger partial charge in [-0.3, -0.25) is 0 Å². The summed E-state index contributed by atoms with van der Waals surface area (Å²) in [6, 6.07) is 24.3. The van der Waals surface area contributed by atoms with Gasteiger partial charge in [-0.2, -0.15) is 0 Å². The molecular weight excluding hydrogens is 274 g/mol. The molecule has 0 bridgehead atoms. The van der Waals surface area contributed by atoms with Crippen LogP contribution in [0.4, 0.5) is 5.69 Å². The van der Waals surface area contributed by atoms with Crippen LogP contribution >= 0.6 is 11.3 Å². The average Bonchev–Trinajstić information content (AvgIpc) is 3.08. The highest BCUT2D eigenvalue weighted by Gasteiger charge is 2.11. The van der Waals surface area contributed by atoms with Crippen LogP contribution in [0, 0.1) is 0 Å². The summed E-state index contributed by atoms with van der Waals surface area (Å²) in [5.41, 5.74) is 3.90. The number of hydrogen-bond donors (Lipinski definition) is 0. The minimum absolute atomic E-state index is 0.921. The highest BCUT2D eigenvalue weighted by atomic mass is 32.1. The van der Waals surface area contributed by atoms with Crippen molar-refractivity contribution < 1.29 is 0 Å². The van der Waals surface area contributed by atoms with Crippen molar-refractivity contribution in [1.29, 1.82) is 0 Å². The zero-order valence-corrected chi connectivity index (χ0v) is 12.4. The Hall–Kier alpha value is -2.45. The Morgan fingerprint density at radius 3 is 2.10 bits per heavy atom. The summed E-state index contributed by atoms with van der Waals surface area (Å²) in [6.07, 6.45) is 0. The van der Waals surface area contributed by atoms with Crippen LogP contribution in [0.3, 0.4) is 0 Å². The molecule has 0 atom stereocenters. The first-order valence-electron chi connectivity index (χ1n) is 6.77. The third-order valence-corrected chi connectivity index (χ3v) is 4.08. The van der Waals surface area contributed by atoms with E-state index < -0.39 is 0 Å². The Kier molecular flexibility index (Phi) is 4.08. The molecule has 0 amide bonds. The maximum absolute atomic E-state index is 4.81. The van der Waals surface area contributed by atoms with Crippen molar-refractivity contribution in [2.45, 2.75) is 0 Å². The van der Waals surface area contributed by atoms with Gasteiger partial charge >= 0.3 is 0 Å². The lowest BCUT2D eigenvalue weighted by Gasteiger charge is -2.09. The number of hydrogen-bond acceptors (Lipinski definition) is 2. The molecule has 0 saturated heterocycles. The Morgan fingerprint density at radius 2 is 1.48 bits per heavy atom. The third-order valence-electron chi connectivity index (χ3n) is 3.15. The first-order chi connectivity index (χ1) is 10.3. The quantitative estimate of drug-likeness (QED) is 0.556. The summed E-state index contributed by atoms with van der Waals surface area (Å²) >= 11 is 1.68. The molecule has 3 rings (SSSR count). The van der Waals surface area contributed by atoms with Gasteiger partial charge in [-0.1, -0.05) is 61.2 Å². The molecule has 0 fully saturated rings. The number of thiophene rings is 1. The highest BCUT2D eigenvalue weighted by Crippen LogP contribution is 2.25. The minimum atomic E-state index is 0.921. The SMILES string of the molecule is C=C(C(=Nc1ccccc1)c1ccccc1)c1cccs1. The van der Waals surface area contributed by atoms with Crippen LogP contribution in [0.1, 0.15) is 10.4 Å². The molecule has 0 radical (unpaired) electrons. The summed E-state index contributed by atoms with van der Waals surface area (Å²) in [7, 11) is 0. The number of nitrogens with zero attached hydrogens (tertiary/aromatic N) is 1. The summed E-state index contributed by atoms with van der Waals surface area (Å²) in [5, 5.41) is 2.06. The van der Waals surface area contributed by atoms with Gasteiger partial charge in [-0.25, -0.2) is 4.99 Å². The van der Waals surface area contributed by atoms with Gasteiger partial charge < -0.3 is 0 Å². The van der Waals surface area contributed by atoms with Crippen LogP contribution in [-0.4, -0.2) is 5.71 Å². The average molecular weight is 289 g/mol. The number of para-hydroxylation sites is 1. The van der Waals surface area contributed by atoms with Crippen LogP contribution < -0.4 is 0 Å². The van der Waals surface area contributed by atoms with Crippen LogP contribution in [0.15, 0.2) is 89.7 Å². The van der Waals surface area contributed by atoms with E-state index in [1.807, 2.05) is 54.6 Å². The fraction of sp³-hybridized carbons (Fsp3) is 0. The van der Waals surface area contributed by atoms with Crippen molar-refractivity contribution in [2.75, 3.05) is 0 Å². The maximum Gasteiger partial charge on any atom is 0.0789 e. The lowest BCUT2D eigenvalue weighted by molar-refractivity contribution is 1.50. The van der Waals surface area contributed by atoms with E-state index in [9.17, 15) is 0 Å². The second-order valence-electron chi connectivity index (χ2n) is 4.62. The first kappa shape index (κ1) is 13.5. The molecule has 21 heavy (non-hydrogen) atoms. The van der Waals surface area contributed by atoms with Gasteiger partial charge in [0.2, 0.25) is 0 Å². The summed E-state index contributed by atoms with van der Waals surface area (Å²) in [6.45, 7) is 4.25. The number of rotatable bonds is 4. The number of aliphatic imine (C=N–C) groups is 1. The fourth-order valence-electron chi connectivity index (χ4n) is 2.10. The Labute approximate surface area is 128 Å². The number of allylic oxidation sites excluding steroid dienone is 1. The van der Waals surface area contributed by atoms with Crippen LogP contribution in [0.5, 0.6) is 0 Å². The second kappa shape index (κ2) is 6.33. The fourth-order valence-corrected chi connectivity index (χ4v) is 2.80. The molecule has 102 valence electrons. The van der Waals surface area contributed by atoms with E-state index in [-0.39, 0.29) is 0 Å². The van der Waals surface area contributed by atoms with Gasteiger partial charge in [-0.05, 0) is 23.6 Å². The molecule has 0 aliphatic heterocycles. The monoisotopic (exact) mass is 289 g/mol. The summed E-state index contributed by atoms with van der Waals surface area (Å²) in [4.78, 5) is 5.96. The zero-order chi connectivity index (χ0) is 14.5. The molecule has 0 aliphatic rings. The third kappa shape index (κ3) is 3.18. The molecule has 0 N–H and O–H groups in total. The lowest BCUT2D eigenvalue weighted by atomic mass is 10.0. The smallest absolute Gasteiger partial charge is 0.0789 e. The molecule has 1 heterocycles. The minimum Gasteiger partial charge on any atom is -0.248 e. The van der Waals surface area contributed by atoms with Crippen molar-refractivity contribution in [3.63, 3.8) is 0 Å². The second-order valence-corrected chi connectivity index (χ2v) is 5.57. The molecule has 2 aromatic carbocycles. The maximum atomic E-state index is 4.81. The van der Waals surface area contributed by atoms with Crippen molar-refractivity contribution in [3.05, 3.63) is 95.2 Å². The molecule has 0 unspecified atom stereocenters. The Balaban J connectivity index is 2.08. The zero-order valence-electron chi connectivity index (χ0n) is 11.6. The van der Waals surface area contributed by atoms with E-state index in [0.717, 1.165) is 27.4 Å². The van der Waals surface area contributed by atoms with Gasteiger partial charge in [0.05, 0.1) is 11.4 Å². The predicted molar refractivity (Wildman–Crippen MR) is 92.4 cm³/mol. The van der Waals surface area contributed by atoms with Crippen molar-refractivity contribution >= 4 is 28.3 Å². The molecule has 1 nitrogen and oxygen atoms in total. The molecule has 3 aromatic rings. The lowest BCUT2D eigenvalue weighted by Crippen LogP contribution is -2.02. The predicted octanol–water partition coefficient (Wildman–Crippen LogP) is 5.58.